The topological polar surface area (TPSA) is 108 Å². The van der Waals surface area contributed by atoms with Crippen LogP contribution in [-0.4, -0.2) is 46.1 Å². The SMILES string of the molecule is CCCN(C(=O)C(Cc1ccc(O)cc1)NC(=O)OC(C)(C)C)C(C(=O)Nc1c(C)cccc1Cl)c1cccc(C)c1C. The number of phenols is 1. The molecule has 3 amide bonds. The number of ether oxygens (including phenoxy) is 1. The van der Waals surface area contributed by atoms with Gasteiger partial charge in [0.2, 0.25) is 5.91 Å². The molecule has 0 aliphatic carbocycles. The van der Waals surface area contributed by atoms with E-state index in [-0.39, 0.29) is 18.7 Å². The number of hydrogen-bond donors (Lipinski definition) is 3. The molecule has 230 valence electrons. The van der Waals surface area contributed by atoms with Crippen LogP contribution in [0.3, 0.4) is 0 Å². The number of para-hydroxylation sites is 1. The first-order valence-corrected chi connectivity index (χ1v) is 14.8. The number of aryl methyl sites for hydroxylation is 2. The summed E-state index contributed by atoms with van der Waals surface area (Å²) in [4.78, 5) is 43.2. The van der Waals surface area contributed by atoms with Crippen LogP contribution in [0.15, 0.2) is 60.7 Å². The minimum atomic E-state index is -1.06. The molecule has 3 rings (SSSR count). The van der Waals surface area contributed by atoms with Crippen LogP contribution in [0, 0.1) is 20.8 Å². The fourth-order valence-electron chi connectivity index (χ4n) is 4.83. The number of carbonyl (C=O) groups is 3. The van der Waals surface area contributed by atoms with E-state index >= 15 is 0 Å². The van der Waals surface area contributed by atoms with Crippen molar-refractivity contribution in [3.63, 3.8) is 0 Å². The van der Waals surface area contributed by atoms with Gasteiger partial charge in [-0.15, -0.1) is 0 Å². The number of alkyl carbamates (subject to hydrolysis) is 1. The Bertz CT molecular complexity index is 1430. The highest BCUT2D eigenvalue weighted by molar-refractivity contribution is 6.34. The molecule has 3 aromatic carbocycles. The Morgan fingerprint density at radius 1 is 0.953 bits per heavy atom. The molecule has 0 aliphatic rings. The first kappa shape index (κ1) is 33.5. The van der Waals surface area contributed by atoms with Gasteiger partial charge in [-0.1, -0.05) is 61.0 Å². The van der Waals surface area contributed by atoms with E-state index in [9.17, 15) is 19.5 Å². The van der Waals surface area contributed by atoms with Gasteiger partial charge >= 0.3 is 6.09 Å². The molecule has 2 unspecified atom stereocenters. The van der Waals surface area contributed by atoms with Gasteiger partial charge in [-0.05, 0) is 94.0 Å². The minimum Gasteiger partial charge on any atom is -0.508 e. The third-order valence-electron chi connectivity index (χ3n) is 7.08. The molecular formula is C34H42ClN3O5. The van der Waals surface area contributed by atoms with E-state index in [0.29, 0.717) is 28.3 Å². The molecule has 0 fully saturated rings. The van der Waals surface area contributed by atoms with Crippen LogP contribution < -0.4 is 10.6 Å². The Kier molecular flexibility index (Phi) is 11.2. The van der Waals surface area contributed by atoms with Gasteiger partial charge in [-0.3, -0.25) is 9.59 Å². The van der Waals surface area contributed by atoms with Crippen LogP contribution in [-0.2, 0) is 20.7 Å². The Morgan fingerprint density at radius 3 is 2.19 bits per heavy atom. The fourth-order valence-corrected chi connectivity index (χ4v) is 5.10. The van der Waals surface area contributed by atoms with Gasteiger partial charge in [-0.2, -0.15) is 0 Å². The monoisotopic (exact) mass is 607 g/mol. The molecule has 0 saturated carbocycles. The molecule has 0 aliphatic heterocycles. The zero-order chi connectivity index (χ0) is 31.9. The summed E-state index contributed by atoms with van der Waals surface area (Å²) in [6, 6.07) is 15.3. The molecule has 0 heterocycles. The molecule has 0 aromatic heterocycles. The lowest BCUT2D eigenvalue weighted by atomic mass is 9.94. The molecule has 2 atom stereocenters. The quantitative estimate of drug-likeness (QED) is 0.229. The number of halogens is 1. The van der Waals surface area contributed by atoms with Crippen molar-refractivity contribution in [3.05, 3.63) is 93.5 Å². The molecule has 43 heavy (non-hydrogen) atoms. The maximum absolute atomic E-state index is 14.5. The second kappa shape index (κ2) is 14.4. The van der Waals surface area contributed by atoms with Crippen molar-refractivity contribution >= 4 is 35.2 Å². The molecule has 8 nitrogen and oxygen atoms in total. The maximum Gasteiger partial charge on any atom is 0.408 e. The Hall–Kier alpha value is -4.04. The zero-order valence-corrected chi connectivity index (χ0v) is 26.7. The lowest BCUT2D eigenvalue weighted by Gasteiger charge is -2.35. The number of phenolic OH excluding ortho intramolecular Hbond substituents is 1. The van der Waals surface area contributed by atoms with E-state index in [1.807, 2.05) is 52.0 Å². The van der Waals surface area contributed by atoms with Crippen molar-refractivity contribution in [1.82, 2.24) is 10.2 Å². The normalized spacial score (nSPS) is 12.7. The third-order valence-corrected chi connectivity index (χ3v) is 7.40. The van der Waals surface area contributed by atoms with E-state index in [2.05, 4.69) is 10.6 Å². The molecule has 3 aromatic rings. The number of hydrogen-bond acceptors (Lipinski definition) is 5. The first-order chi connectivity index (χ1) is 20.2. The number of carbonyl (C=O) groups excluding carboxylic acids is 3. The summed E-state index contributed by atoms with van der Waals surface area (Å²) in [5, 5.41) is 15.9. The van der Waals surface area contributed by atoms with E-state index in [1.54, 1.807) is 45.0 Å². The predicted octanol–water partition coefficient (Wildman–Crippen LogP) is 7.03. The van der Waals surface area contributed by atoms with Gasteiger partial charge in [0.05, 0.1) is 10.7 Å². The fraction of sp³-hybridized carbons (Fsp3) is 0.382. The van der Waals surface area contributed by atoms with E-state index in [4.69, 9.17) is 16.3 Å². The second-order valence-electron chi connectivity index (χ2n) is 11.7. The van der Waals surface area contributed by atoms with Gasteiger partial charge < -0.3 is 25.4 Å². The Morgan fingerprint density at radius 2 is 1.58 bits per heavy atom. The third kappa shape index (κ3) is 8.97. The van der Waals surface area contributed by atoms with Gasteiger partial charge in [-0.25, -0.2) is 4.79 Å². The number of aromatic hydroxyl groups is 1. The first-order valence-electron chi connectivity index (χ1n) is 14.4. The van der Waals surface area contributed by atoms with E-state index in [1.165, 1.54) is 17.0 Å². The van der Waals surface area contributed by atoms with Crippen LogP contribution in [0.4, 0.5) is 10.5 Å². The van der Waals surface area contributed by atoms with Crippen molar-refractivity contribution in [2.75, 3.05) is 11.9 Å². The van der Waals surface area contributed by atoms with E-state index in [0.717, 1.165) is 16.7 Å². The largest absolute Gasteiger partial charge is 0.508 e. The number of rotatable bonds is 10. The molecule has 0 spiro atoms. The Balaban J connectivity index is 2.11. The second-order valence-corrected chi connectivity index (χ2v) is 12.1. The van der Waals surface area contributed by atoms with Crippen LogP contribution in [0.2, 0.25) is 5.02 Å². The number of amides is 3. The average molecular weight is 608 g/mol. The molecule has 3 N–H and O–H groups in total. The lowest BCUT2D eigenvalue weighted by molar-refractivity contribution is -0.140. The predicted molar refractivity (Wildman–Crippen MR) is 170 cm³/mol. The zero-order valence-electron chi connectivity index (χ0n) is 26.0. The Labute approximate surface area is 259 Å². The molecule has 0 bridgehead atoms. The van der Waals surface area contributed by atoms with Gasteiger partial charge in [0.25, 0.3) is 5.91 Å². The molecule has 9 heteroatoms. The van der Waals surface area contributed by atoms with Crippen molar-refractivity contribution in [2.24, 2.45) is 0 Å². The van der Waals surface area contributed by atoms with Crippen molar-refractivity contribution in [1.29, 1.82) is 0 Å². The molecule has 0 saturated heterocycles. The average Bonchev–Trinajstić information content (AvgIpc) is 2.92. The van der Waals surface area contributed by atoms with Crippen molar-refractivity contribution in [3.8, 4) is 5.75 Å². The number of nitrogens with zero attached hydrogens (tertiary/aromatic N) is 1. The van der Waals surface area contributed by atoms with Crippen LogP contribution >= 0.6 is 11.6 Å². The number of benzene rings is 3. The summed E-state index contributed by atoms with van der Waals surface area (Å²) < 4.78 is 5.49. The summed E-state index contributed by atoms with van der Waals surface area (Å²) in [6.45, 7) is 13.1. The number of nitrogens with one attached hydrogen (secondary N) is 2. The molecule has 0 radical (unpaired) electrons. The van der Waals surface area contributed by atoms with Crippen molar-refractivity contribution < 1.29 is 24.2 Å². The summed E-state index contributed by atoms with van der Waals surface area (Å²) >= 11 is 6.47. The highest BCUT2D eigenvalue weighted by Crippen LogP contribution is 2.32. The number of anilines is 1. The van der Waals surface area contributed by atoms with Crippen LogP contribution in [0.5, 0.6) is 5.75 Å². The molecular weight excluding hydrogens is 566 g/mol. The summed E-state index contributed by atoms with van der Waals surface area (Å²) in [5.41, 5.74) is 3.70. The summed E-state index contributed by atoms with van der Waals surface area (Å²) in [6.07, 6.45) is -0.0757. The van der Waals surface area contributed by atoms with Crippen molar-refractivity contribution in [2.45, 2.75) is 79.0 Å². The lowest BCUT2D eigenvalue weighted by Crippen LogP contribution is -2.53. The van der Waals surface area contributed by atoms with Crippen LogP contribution in [0.25, 0.3) is 0 Å². The van der Waals surface area contributed by atoms with Gasteiger partial charge in [0.1, 0.15) is 23.4 Å². The highest BCUT2D eigenvalue weighted by Gasteiger charge is 2.37. The maximum atomic E-state index is 14.5. The summed E-state index contributed by atoms with van der Waals surface area (Å²) in [5.74, 6) is -0.786. The standard InChI is InChI=1S/C34H42ClN3O5/c1-8-19-38(32(41)28(36-33(42)43-34(5,6)7)20-24-15-17-25(39)18-16-24)30(26-13-9-11-21(2)23(26)4)31(40)37-29-22(3)12-10-14-27(29)35/h9-18,28,30,39H,8,19-20H2,1-7H3,(H,36,42)(H,37,40). The smallest absolute Gasteiger partial charge is 0.408 e. The van der Waals surface area contributed by atoms with Gasteiger partial charge in [0, 0.05) is 13.0 Å². The van der Waals surface area contributed by atoms with Crippen LogP contribution in [0.1, 0.15) is 68.0 Å². The van der Waals surface area contributed by atoms with Gasteiger partial charge in [0.15, 0.2) is 0 Å². The summed E-state index contributed by atoms with van der Waals surface area (Å²) in [7, 11) is 0. The van der Waals surface area contributed by atoms with E-state index < -0.39 is 35.6 Å². The highest BCUT2D eigenvalue weighted by atomic mass is 35.5. The minimum absolute atomic E-state index is 0.0841.